The van der Waals surface area contributed by atoms with Crippen LogP contribution in [0.3, 0.4) is 0 Å². The number of sulfone groups is 1. The zero-order chi connectivity index (χ0) is 18.9. The second-order valence-electron chi connectivity index (χ2n) is 5.64. The zero-order valence-electron chi connectivity index (χ0n) is 14.1. The molecule has 0 saturated carbocycles. The molecule has 2 heterocycles. The topological polar surface area (TPSA) is 102 Å². The summed E-state index contributed by atoms with van der Waals surface area (Å²) in [6.45, 7) is 2.98. The smallest absolute Gasteiger partial charge is 0.293 e. The monoisotopic (exact) mass is 392 g/mol. The van der Waals surface area contributed by atoms with Crippen molar-refractivity contribution in [2.75, 3.05) is 17.7 Å². The van der Waals surface area contributed by atoms with Gasteiger partial charge in [-0.25, -0.2) is 13.4 Å². The molecule has 0 radical (unpaired) electrons. The normalized spacial score (nSPS) is 16.1. The zero-order valence-corrected chi connectivity index (χ0v) is 15.7. The Labute approximate surface area is 154 Å². The van der Waals surface area contributed by atoms with Crippen LogP contribution in [0.15, 0.2) is 36.1 Å². The third-order valence-corrected chi connectivity index (χ3v) is 6.62. The number of hydrogen-bond donors (Lipinski definition) is 1. The van der Waals surface area contributed by atoms with Crippen molar-refractivity contribution in [2.45, 2.75) is 13.8 Å². The Hall–Kier alpha value is -2.52. The van der Waals surface area contributed by atoms with E-state index in [9.17, 15) is 18.0 Å². The first-order chi connectivity index (χ1) is 12.3. The number of carbonyl (C=O) groups is 2. The first-order valence-electron chi connectivity index (χ1n) is 7.74. The number of anilines is 1. The van der Waals surface area contributed by atoms with Gasteiger partial charge in [-0.1, -0.05) is 41.7 Å². The molecule has 26 heavy (non-hydrogen) atoms. The summed E-state index contributed by atoms with van der Waals surface area (Å²) in [5.41, 5.74) is 0.893. The van der Waals surface area contributed by atoms with Crippen molar-refractivity contribution < 1.29 is 22.7 Å². The average molecular weight is 392 g/mol. The van der Waals surface area contributed by atoms with Gasteiger partial charge in [0.1, 0.15) is 11.5 Å². The maximum atomic E-state index is 12.7. The minimum atomic E-state index is -3.66. The SMILES string of the molecule is CC(=O)c1sc(NC(=O)C2=C(c3ccccc3)S(=O)(=O)CCO2)nc1C. The Kier molecular flexibility index (Phi) is 4.92. The molecule has 1 aliphatic rings. The predicted molar refractivity (Wildman–Crippen MR) is 98.6 cm³/mol. The summed E-state index contributed by atoms with van der Waals surface area (Å²) >= 11 is 1.04. The minimum absolute atomic E-state index is 0.100. The molecule has 0 saturated heterocycles. The van der Waals surface area contributed by atoms with E-state index in [-0.39, 0.29) is 33.9 Å². The standard InChI is InChI=1S/C17H16N2O5S2/c1-10-14(11(2)20)25-17(18-10)19-16(21)13-15(12-6-4-3-5-7-12)26(22,23)9-8-24-13/h3-7H,8-9H2,1-2H3,(H,18,19,21). The number of aromatic nitrogens is 1. The highest BCUT2D eigenvalue weighted by molar-refractivity contribution is 8.00. The van der Waals surface area contributed by atoms with Crippen molar-refractivity contribution in [3.05, 3.63) is 52.2 Å². The van der Waals surface area contributed by atoms with E-state index < -0.39 is 15.7 Å². The van der Waals surface area contributed by atoms with Crippen LogP contribution in [-0.2, 0) is 19.4 Å². The number of aryl methyl sites for hydroxylation is 1. The summed E-state index contributed by atoms with van der Waals surface area (Å²) in [6.07, 6.45) is 0. The molecule has 0 aliphatic carbocycles. The van der Waals surface area contributed by atoms with Crippen molar-refractivity contribution >= 4 is 42.9 Å². The minimum Gasteiger partial charge on any atom is -0.486 e. The first kappa shape index (κ1) is 18.3. The Morgan fingerprint density at radius 3 is 2.54 bits per heavy atom. The highest BCUT2D eigenvalue weighted by Crippen LogP contribution is 2.31. The van der Waals surface area contributed by atoms with E-state index in [2.05, 4.69) is 10.3 Å². The molecule has 2 aromatic rings. The van der Waals surface area contributed by atoms with Crippen molar-refractivity contribution in [3.8, 4) is 0 Å². The van der Waals surface area contributed by atoms with E-state index in [1.807, 2.05) is 0 Å². The van der Waals surface area contributed by atoms with Gasteiger partial charge >= 0.3 is 0 Å². The van der Waals surface area contributed by atoms with Crippen LogP contribution in [-0.4, -0.2) is 37.5 Å². The van der Waals surface area contributed by atoms with Gasteiger partial charge in [0.2, 0.25) is 5.76 Å². The maximum absolute atomic E-state index is 12.7. The number of benzene rings is 1. The molecule has 1 amide bonds. The van der Waals surface area contributed by atoms with Crippen LogP contribution < -0.4 is 5.32 Å². The molecule has 9 heteroatoms. The number of thiazole rings is 1. The number of carbonyl (C=O) groups excluding carboxylic acids is 2. The van der Waals surface area contributed by atoms with E-state index >= 15 is 0 Å². The van der Waals surface area contributed by atoms with Crippen molar-refractivity contribution in [1.82, 2.24) is 4.98 Å². The predicted octanol–water partition coefficient (Wildman–Crippen LogP) is 2.41. The summed E-state index contributed by atoms with van der Waals surface area (Å²) in [5.74, 6) is -1.32. The van der Waals surface area contributed by atoms with E-state index in [0.717, 1.165) is 11.3 Å². The molecular formula is C17H16N2O5S2. The van der Waals surface area contributed by atoms with Gasteiger partial charge in [-0.2, -0.15) is 0 Å². The van der Waals surface area contributed by atoms with Crippen LogP contribution in [0.1, 0.15) is 27.9 Å². The van der Waals surface area contributed by atoms with Crippen LogP contribution in [0.5, 0.6) is 0 Å². The lowest BCUT2D eigenvalue weighted by atomic mass is 10.2. The Morgan fingerprint density at radius 2 is 1.92 bits per heavy atom. The second-order valence-corrected chi connectivity index (χ2v) is 8.68. The molecule has 0 bridgehead atoms. The Morgan fingerprint density at radius 1 is 1.23 bits per heavy atom. The fourth-order valence-corrected chi connectivity index (χ4v) is 4.85. The Balaban J connectivity index is 2.01. The molecule has 1 aliphatic heterocycles. The van der Waals surface area contributed by atoms with Gasteiger partial charge in [-0.05, 0) is 12.5 Å². The molecule has 0 atom stereocenters. The number of nitrogens with zero attached hydrogens (tertiary/aromatic N) is 1. The molecule has 1 N–H and O–H groups in total. The lowest BCUT2D eigenvalue weighted by Crippen LogP contribution is -2.28. The third-order valence-electron chi connectivity index (χ3n) is 3.69. The van der Waals surface area contributed by atoms with Crippen LogP contribution in [0.4, 0.5) is 5.13 Å². The van der Waals surface area contributed by atoms with Crippen molar-refractivity contribution in [2.24, 2.45) is 0 Å². The largest absolute Gasteiger partial charge is 0.486 e. The molecule has 136 valence electrons. The van der Waals surface area contributed by atoms with E-state index in [4.69, 9.17) is 4.74 Å². The van der Waals surface area contributed by atoms with E-state index in [1.54, 1.807) is 37.3 Å². The molecule has 0 fully saturated rings. The van der Waals surface area contributed by atoms with Gasteiger partial charge in [-0.3, -0.25) is 14.9 Å². The summed E-state index contributed by atoms with van der Waals surface area (Å²) in [7, 11) is -3.66. The molecular weight excluding hydrogens is 376 g/mol. The number of ether oxygens (including phenoxy) is 1. The number of nitrogens with one attached hydrogen (secondary N) is 1. The highest BCUT2D eigenvalue weighted by Gasteiger charge is 2.33. The maximum Gasteiger partial charge on any atom is 0.293 e. The van der Waals surface area contributed by atoms with Crippen LogP contribution in [0.25, 0.3) is 4.91 Å². The van der Waals surface area contributed by atoms with Crippen LogP contribution in [0.2, 0.25) is 0 Å². The molecule has 1 aromatic heterocycles. The van der Waals surface area contributed by atoms with Gasteiger partial charge in [0, 0.05) is 6.92 Å². The fourth-order valence-electron chi connectivity index (χ4n) is 2.56. The second kappa shape index (κ2) is 7.00. The van der Waals surface area contributed by atoms with Crippen LogP contribution >= 0.6 is 11.3 Å². The molecule has 0 unspecified atom stereocenters. The lowest BCUT2D eigenvalue weighted by molar-refractivity contribution is -0.115. The quantitative estimate of drug-likeness (QED) is 0.802. The highest BCUT2D eigenvalue weighted by atomic mass is 32.2. The van der Waals surface area contributed by atoms with E-state index in [0.29, 0.717) is 16.1 Å². The molecule has 0 spiro atoms. The van der Waals surface area contributed by atoms with Gasteiger partial charge in [0.15, 0.2) is 20.8 Å². The summed E-state index contributed by atoms with van der Waals surface area (Å²) in [5, 5.41) is 2.75. The number of hydrogen-bond acceptors (Lipinski definition) is 7. The average Bonchev–Trinajstić information content (AvgIpc) is 2.95. The van der Waals surface area contributed by atoms with Gasteiger partial charge in [-0.15, -0.1) is 0 Å². The lowest BCUT2D eigenvalue weighted by Gasteiger charge is -2.20. The molecule has 3 rings (SSSR count). The third kappa shape index (κ3) is 3.54. The number of Topliss-reactive ketones (excluding diaryl/α,β-unsaturated/α-hetero) is 1. The summed E-state index contributed by atoms with van der Waals surface area (Å²) in [6, 6.07) is 8.34. The van der Waals surface area contributed by atoms with Gasteiger partial charge in [0.25, 0.3) is 5.91 Å². The van der Waals surface area contributed by atoms with Gasteiger partial charge < -0.3 is 4.74 Å². The number of ketones is 1. The molecule has 7 nitrogen and oxygen atoms in total. The first-order valence-corrected chi connectivity index (χ1v) is 10.2. The fraction of sp³-hybridized carbons (Fsp3) is 0.235. The van der Waals surface area contributed by atoms with E-state index in [1.165, 1.54) is 6.92 Å². The number of amides is 1. The van der Waals surface area contributed by atoms with Gasteiger partial charge in [0.05, 0.1) is 16.3 Å². The van der Waals surface area contributed by atoms with Crippen molar-refractivity contribution in [3.63, 3.8) is 0 Å². The van der Waals surface area contributed by atoms with Crippen LogP contribution in [0, 0.1) is 6.92 Å². The van der Waals surface area contributed by atoms with Crippen molar-refractivity contribution in [1.29, 1.82) is 0 Å². The molecule has 1 aromatic carbocycles. The summed E-state index contributed by atoms with van der Waals surface area (Å²) < 4.78 is 30.4. The summed E-state index contributed by atoms with van der Waals surface area (Å²) in [4.78, 5) is 28.6. The Bertz CT molecular complexity index is 1010. The number of rotatable bonds is 4.